The zero-order valence-electron chi connectivity index (χ0n) is 17.0. The van der Waals surface area contributed by atoms with E-state index in [1.54, 1.807) is 0 Å². The number of rotatable bonds is 5. The minimum absolute atomic E-state index is 0.122. The molecule has 2 aliphatic rings. The summed E-state index contributed by atoms with van der Waals surface area (Å²) in [6.07, 6.45) is 4.38. The van der Waals surface area contributed by atoms with Crippen LogP contribution in [0.15, 0.2) is 23.3 Å². The van der Waals surface area contributed by atoms with Crippen LogP contribution in [0.1, 0.15) is 49.1 Å². The maximum Gasteiger partial charge on any atom is 0.261 e. The van der Waals surface area contributed by atoms with Gasteiger partial charge >= 0.3 is 0 Å². The van der Waals surface area contributed by atoms with E-state index in [9.17, 15) is 15.0 Å². The molecule has 7 heteroatoms. The summed E-state index contributed by atoms with van der Waals surface area (Å²) in [4.78, 5) is 17.6. The van der Waals surface area contributed by atoms with Crippen LogP contribution in [-0.2, 0) is 11.3 Å². The third kappa shape index (κ3) is 4.53. The Hall–Kier alpha value is -1.80. The third-order valence-corrected chi connectivity index (χ3v) is 6.31. The first-order valence-electron chi connectivity index (χ1n) is 10.7. The molecule has 3 atom stereocenters. The Bertz CT molecular complexity index is 907. The van der Waals surface area contributed by atoms with Gasteiger partial charge in [0.25, 0.3) is 5.56 Å². The lowest BCUT2D eigenvalue weighted by molar-refractivity contribution is 0.0539. The number of piperidine rings is 1. The van der Waals surface area contributed by atoms with E-state index in [2.05, 4.69) is 16.4 Å². The minimum Gasteiger partial charge on any atom is -0.392 e. The van der Waals surface area contributed by atoms with E-state index in [1.165, 1.54) is 16.5 Å². The van der Waals surface area contributed by atoms with Crippen LogP contribution in [-0.4, -0.2) is 57.8 Å². The Morgan fingerprint density at radius 3 is 2.86 bits per heavy atom. The molecule has 0 bridgehead atoms. The fraction of sp³-hybridized carbons (Fsp3) is 0.636. The zero-order chi connectivity index (χ0) is 20.4. The van der Waals surface area contributed by atoms with Crippen LogP contribution in [0, 0.1) is 6.92 Å². The molecule has 7 nitrogen and oxygen atoms in total. The summed E-state index contributed by atoms with van der Waals surface area (Å²) in [5.41, 5.74) is 2.78. The van der Waals surface area contributed by atoms with Crippen molar-refractivity contribution >= 4 is 10.9 Å². The normalized spacial score (nSPS) is 24.7. The monoisotopic (exact) mass is 401 g/mol. The van der Waals surface area contributed by atoms with E-state index < -0.39 is 12.2 Å². The smallest absolute Gasteiger partial charge is 0.261 e. The summed E-state index contributed by atoms with van der Waals surface area (Å²) in [6.45, 7) is 4.53. The van der Waals surface area contributed by atoms with Gasteiger partial charge in [0.05, 0.1) is 36.0 Å². The highest BCUT2D eigenvalue weighted by molar-refractivity contribution is 5.81. The first-order valence-corrected chi connectivity index (χ1v) is 10.7. The highest BCUT2D eigenvalue weighted by Crippen LogP contribution is 2.29. The summed E-state index contributed by atoms with van der Waals surface area (Å²) in [5, 5.41) is 24.5. The number of aliphatic hydroxyl groups is 2. The summed E-state index contributed by atoms with van der Waals surface area (Å²) in [5.74, 6) is 0.407. The second-order valence-electron chi connectivity index (χ2n) is 8.48. The van der Waals surface area contributed by atoms with E-state index >= 15 is 0 Å². The van der Waals surface area contributed by atoms with Crippen molar-refractivity contribution in [2.75, 3.05) is 19.8 Å². The van der Waals surface area contributed by atoms with Gasteiger partial charge in [0, 0.05) is 19.3 Å². The lowest BCUT2D eigenvalue weighted by Crippen LogP contribution is -2.47. The number of aromatic nitrogens is 2. The van der Waals surface area contributed by atoms with Crippen LogP contribution in [0.3, 0.4) is 0 Å². The number of benzene rings is 1. The maximum absolute atomic E-state index is 13.1. The number of hydrogen-bond acceptors (Lipinski definition) is 6. The highest BCUT2D eigenvalue weighted by Gasteiger charge is 2.25. The topological polar surface area (TPSA) is 96.6 Å². The number of fused-ring (bicyclic) bond motifs is 1. The van der Waals surface area contributed by atoms with E-state index in [0.29, 0.717) is 17.7 Å². The Kier molecular flexibility index (Phi) is 6.29. The molecule has 3 N–H and O–H groups in total. The summed E-state index contributed by atoms with van der Waals surface area (Å²) in [6, 6.07) is 3.98. The molecule has 158 valence electrons. The van der Waals surface area contributed by atoms with Gasteiger partial charge in [-0.3, -0.25) is 9.36 Å². The van der Waals surface area contributed by atoms with Crippen molar-refractivity contribution < 1.29 is 14.9 Å². The minimum atomic E-state index is -0.725. The fourth-order valence-electron chi connectivity index (χ4n) is 4.64. The lowest BCUT2D eigenvalue weighted by atomic mass is 9.89. The standard InChI is InChI=1S/C22H31N3O4/c1-14-9-16(15-4-7-29-8-5-15)10-18-21(14)24-13-25(22(18)28)12-17(26)11-19-20(27)3-2-6-23-19/h9-10,13,15,17,19-20,23,26-27H,2-8,11-12H2,1H3/t17?,19-,20+/m1/s1. The number of aliphatic hydroxyl groups excluding tert-OH is 2. The molecule has 3 heterocycles. The molecule has 0 amide bonds. The van der Waals surface area contributed by atoms with Gasteiger partial charge in [0.1, 0.15) is 0 Å². The van der Waals surface area contributed by atoms with Crippen LogP contribution < -0.4 is 10.9 Å². The summed E-state index contributed by atoms with van der Waals surface area (Å²) in [7, 11) is 0. The molecule has 1 unspecified atom stereocenters. The van der Waals surface area contributed by atoms with Crippen LogP contribution in [0.4, 0.5) is 0 Å². The third-order valence-electron chi connectivity index (χ3n) is 6.31. The molecule has 29 heavy (non-hydrogen) atoms. The fourth-order valence-corrected chi connectivity index (χ4v) is 4.64. The Labute approximate surface area is 170 Å². The van der Waals surface area contributed by atoms with Crippen LogP contribution in [0.2, 0.25) is 0 Å². The van der Waals surface area contributed by atoms with Crippen molar-refractivity contribution in [1.29, 1.82) is 0 Å². The van der Waals surface area contributed by atoms with E-state index in [0.717, 1.165) is 56.5 Å². The van der Waals surface area contributed by atoms with Crippen molar-refractivity contribution in [3.63, 3.8) is 0 Å². The number of ether oxygens (including phenoxy) is 1. The number of nitrogens with zero attached hydrogens (tertiary/aromatic N) is 2. The predicted molar refractivity (Wildman–Crippen MR) is 111 cm³/mol. The number of nitrogens with one attached hydrogen (secondary N) is 1. The molecule has 0 radical (unpaired) electrons. The molecule has 0 saturated carbocycles. The number of hydrogen-bond donors (Lipinski definition) is 3. The molecule has 2 saturated heterocycles. The molecule has 4 rings (SSSR count). The lowest BCUT2D eigenvalue weighted by Gasteiger charge is -2.30. The molecule has 0 aliphatic carbocycles. The quantitative estimate of drug-likeness (QED) is 0.702. The first-order chi connectivity index (χ1) is 14.0. The highest BCUT2D eigenvalue weighted by atomic mass is 16.5. The maximum atomic E-state index is 13.1. The van der Waals surface area contributed by atoms with E-state index in [1.807, 2.05) is 13.0 Å². The molecular formula is C22H31N3O4. The van der Waals surface area contributed by atoms with Gasteiger partial charge in [-0.2, -0.15) is 0 Å². The van der Waals surface area contributed by atoms with Gasteiger partial charge in [-0.15, -0.1) is 0 Å². The predicted octanol–water partition coefficient (Wildman–Crippen LogP) is 1.46. The molecule has 1 aromatic carbocycles. The molecule has 2 aliphatic heterocycles. The molecule has 2 fully saturated rings. The van der Waals surface area contributed by atoms with Crippen LogP contribution in [0.5, 0.6) is 0 Å². The van der Waals surface area contributed by atoms with Gasteiger partial charge in [-0.25, -0.2) is 4.98 Å². The second-order valence-corrected chi connectivity index (χ2v) is 8.48. The second kappa shape index (κ2) is 8.92. The Morgan fingerprint density at radius 2 is 2.10 bits per heavy atom. The first kappa shape index (κ1) is 20.5. The average Bonchev–Trinajstić information content (AvgIpc) is 2.72. The van der Waals surface area contributed by atoms with Gasteiger partial charge in [0.15, 0.2) is 0 Å². The van der Waals surface area contributed by atoms with Crippen LogP contribution in [0.25, 0.3) is 10.9 Å². The van der Waals surface area contributed by atoms with Gasteiger partial charge in [-0.1, -0.05) is 6.07 Å². The van der Waals surface area contributed by atoms with Crippen LogP contribution >= 0.6 is 0 Å². The molecule has 1 aromatic heterocycles. The SMILES string of the molecule is Cc1cc(C2CCOCC2)cc2c(=O)n(CC(O)C[C@H]3NCCC[C@@H]3O)cnc12. The average molecular weight is 402 g/mol. The van der Waals surface area contributed by atoms with Crippen molar-refractivity contribution in [2.45, 2.75) is 69.7 Å². The zero-order valence-corrected chi connectivity index (χ0v) is 17.0. The Balaban J connectivity index is 1.56. The Morgan fingerprint density at radius 1 is 1.31 bits per heavy atom. The molecule has 2 aromatic rings. The van der Waals surface area contributed by atoms with E-state index in [4.69, 9.17) is 4.74 Å². The van der Waals surface area contributed by atoms with Gasteiger partial charge in [0.2, 0.25) is 0 Å². The van der Waals surface area contributed by atoms with Crippen molar-refractivity contribution in [2.24, 2.45) is 0 Å². The molecule has 0 spiro atoms. The van der Waals surface area contributed by atoms with Crippen molar-refractivity contribution in [3.8, 4) is 0 Å². The molecular weight excluding hydrogens is 370 g/mol. The van der Waals surface area contributed by atoms with Gasteiger partial charge in [-0.05, 0) is 68.7 Å². The summed E-state index contributed by atoms with van der Waals surface area (Å²) < 4.78 is 6.96. The van der Waals surface area contributed by atoms with Crippen molar-refractivity contribution in [3.05, 3.63) is 39.9 Å². The largest absolute Gasteiger partial charge is 0.392 e. The van der Waals surface area contributed by atoms with Gasteiger partial charge < -0.3 is 20.3 Å². The van der Waals surface area contributed by atoms with E-state index in [-0.39, 0.29) is 18.1 Å². The number of aryl methyl sites for hydroxylation is 1. The van der Waals surface area contributed by atoms with Crippen molar-refractivity contribution in [1.82, 2.24) is 14.9 Å². The summed E-state index contributed by atoms with van der Waals surface area (Å²) >= 11 is 0.